The zero-order valence-corrected chi connectivity index (χ0v) is 11.1. The van der Waals surface area contributed by atoms with E-state index in [2.05, 4.69) is 26.2 Å². The predicted octanol–water partition coefficient (Wildman–Crippen LogP) is 2.35. The second-order valence-corrected chi connectivity index (χ2v) is 4.86. The fraction of sp³-hybridized carbons (Fsp3) is 0.545. The van der Waals surface area contributed by atoms with E-state index < -0.39 is 12.2 Å². The number of nitrogens with one attached hydrogen (secondary N) is 1. The molecule has 1 atom stereocenters. The van der Waals surface area contributed by atoms with Gasteiger partial charge >= 0.3 is 6.18 Å². The van der Waals surface area contributed by atoms with Crippen molar-refractivity contribution in [3.8, 4) is 0 Å². The standard InChI is InChI=1S/C11H13BrF3N3/c12-10-8(2-1-3-17-10)9(11(13,14)15)18-6-4-16-5-7-18/h1-3,9,16H,4-7H2/t9-/m0/s1. The Labute approximate surface area is 112 Å². The highest BCUT2D eigenvalue weighted by Crippen LogP contribution is 2.39. The van der Waals surface area contributed by atoms with Gasteiger partial charge in [0.05, 0.1) is 0 Å². The van der Waals surface area contributed by atoms with E-state index in [1.54, 1.807) is 0 Å². The summed E-state index contributed by atoms with van der Waals surface area (Å²) in [6.07, 6.45) is -2.83. The molecule has 0 unspecified atom stereocenters. The van der Waals surface area contributed by atoms with Crippen molar-refractivity contribution < 1.29 is 13.2 Å². The molecular weight excluding hydrogens is 311 g/mol. The van der Waals surface area contributed by atoms with Gasteiger partial charge in [0.1, 0.15) is 10.6 Å². The highest BCUT2D eigenvalue weighted by atomic mass is 79.9. The van der Waals surface area contributed by atoms with Gasteiger partial charge < -0.3 is 5.32 Å². The maximum atomic E-state index is 13.3. The van der Waals surface area contributed by atoms with Crippen LogP contribution in [0.5, 0.6) is 0 Å². The van der Waals surface area contributed by atoms with E-state index in [1.807, 2.05) is 0 Å². The Morgan fingerprint density at radius 2 is 2.00 bits per heavy atom. The first-order chi connectivity index (χ1) is 8.50. The lowest BCUT2D eigenvalue weighted by molar-refractivity contribution is -0.188. The minimum atomic E-state index is -4.30. The quantitative estimate of drug-likeness (QED) is 0.847. The summed E-state index contributed by atoms with van der Waals surface area (Å²) < 4.78 is 40.0. The molecule has 18 heavy (non-hydrogen) atoms. The molecule has 0 amide bonds. The molecule has 0 saturated carbocycles. The van der Waals surface area contributed by atoms with Crippen LogP contribution >= 0.6 is 15.9 Å². The Hall–Kier alpha value is -0.660. The highest BCUT2D eigenvalue weighted by molar-refractivity contribution is 9.10. The lowest BCUT2D eigenvalue weighted by Gasteiger charge is -2.36. The Balaban J connectivity index is 2.34. The van der Waals surface area contributed by atoms with Crippen LogP contribution in [-0.2, 0) is 0 Å². The fourth-order valence-corrected chi connectivity index (χ4v) is 2.59. The van der Waals surface area contributed by atoms with Crippen molar-refractivity contribution in [2.75, 3.05) is 26.2 Å². The Morgan fingerprint density at radius 1 is 1.33 bits per heavy atom. The summed E-state index contributed by atoms with van der Waals surface area (Å²) in [5.41, 5.74) is 0.173. The van der Waals surface area contributed by atoms with Crippen molar-refractivity contribution in [2.24, 2.45) is 0 Å². The molecule has 1 fully saturated rings. The van der Waals surface area contributed by atoms with Crippen LogP contribution in [0.2, 0.25) is 0 Å². The number of hydrogen-bond acceptors (Lipinski definition) is 3. The monoisotopic (exact) mass is 323 g/mol. The minimum absolute atomic E-state index is 0.173. The van der Waals surface area contributed by atoms with E-state index in [4.69, 9.17) is 0 Å². The number of halogens is 4. The Morgan fingerprint density at radius 3 is 2.56 bits per heavy atom. The lowest BCUT2D eigenvalue weighted by Crippen LogP contribution is -2.49. The van der Waals surface area contributed by atoms with Crippen LogP contribution in [0.25, 0.3) is 0 Å². The van der Waals surface area contributed by atoms with Crippen LogP contribution in [0.15, 0.2) is 22.9 Å². The molecule has 3 nitrogen and oxygen atoms in total. The molecule has 1 aliphatic heterocycles. The first kappa shape index (κ1) is 13.8. The molecule has 0 aromatic carbocycles. The Kier molecular flexibility index (Phi) is 4.24. The summed E-state index contributed by atoms with van der Waals surface area (Å²) in [5, 5.41) is 3.05. The van der Waals surface area contributed by atoms with Gasteiger partial charge in [-0.1, -0.05) is 6.07 Å². The summed E-state index contributed by atoms with van der Waals surface area (Å²) in [7, 11) is 0. The van der Waals surface area contributed by atoms with E-state index in [0.717, 1.165) is 0 Å². The van der Waals surface area contributed by atoms with Crippen molar-refractivity contribution in [3.63, 3.8) is 0 Å². The molecule has 7 heteroatoms. The van der Waals surface area contributed by atoms with Crippen molar-refractivity contribution in [2.45, 2.75) is 12.2 Å². The van der Waals surface area contributed by atoms with E-state index in [0.29, 0.717) is 26.2 Å². The molecule has 100 valence electrons. The van der Waals surface area contributed by atoms with Crippen molar-refractivity contribution in [1.82, 2.24) is 15.2 Å². The predicted molar refractivity (Wildman–Crippen MR) is 65.2 cm³/mol. The SMILES string of the molecule is FC(F)(F)[C@H](c1cccnc1Br)N1CCNCC1. The third-order valence-corrected chi connectivity index (χ3v) is 3.57. The third-order valence-electron chi connectivity index (χ3n) is 2.91. The molecule has 1 aromatic rings. The molecule has 1 aliphatic rings. The van der Waals surface area contributed by atoms with E-state index in [1.165, 1.54) is 23.2 Å². The maximum Gasteiger partial charge on any atom is 0.408 e. The van der Waals surface area contributed by atoms with Gasteiger partial charge in [0.15, 0.2) is 0 Å². The van der Waals surface area contributed by atoms with Gasteiger partial charge in [-0.15, -0.1) is 0 Å². The topological polar surface area (TPSA) is 28.2 Å². The van der Waals surface area contributed by atoms with E-state index in [-0.39, 0.29) is 10.2 Å². The molecule has 0 aliphatic carbocycles. The second-order valence-electron chi connectivity index (χ2n) is 4.11. The number of pyridine rings is 1. The minimum Gasteiger partial charge on any atom is -0.314 e. The van der Waals surface area contributed by atoms with Crippen LogP contribution < -0.4 is 5.32 Å². The van der Waals surface area contributed by atoms with Gasteiger partial charge in [0.2, 0.25) is 0 Å². The molecule has 1 aromatic heterocycles. The lowest BCUT2D eigenvalue weighted by atomic mass is 10.1. The van der Waals surface area contributed by atoms with Crippen molar-refractivity contribution in [1.29, 1.82) is 0 Å². The van der Waals surface area contributed by atoms with Gasteiger partial charge in [-0.3, -0.25) is 4.90 Å². The normalized spacial score (nSPS) is 19.8. The van der Waals surface area contributed by atoms with Gasteiger partial charge in [0.25, 0.3) is 0 Å². The summed E-state index contributed by atoms with van der Waals surface area (Å²) in [6.45, 7) is 1.91. The average Bonchev–Trinajstić information content (AvgIpc) is 2.32. The first-order valence-electron chi connectivity index (χ1n) is 5.62. The van der Waals surface area contributed by atoms with E-state index in [9.17, 15) is 13.2 Å². The number of piperazine rings is 1. The molecule has 2 rings (SSSR count). The largest absolute Gasteiger partial charge is 0.408 e. The van der Waals surface area contributed by atoms with Crippen LogP contribution in [0.4, 0.5) is 13.2 Å². The van der Waals surface area contributed by atoms with Gasteiger partial charge in [-0.2, -0.15) is 13.2 Å². The van der Waals surface area contributed by atoms with Gasteiger partial charge in [-0.05, 0) is 22.0 Å². The molecule has 1 N–H and O–H groups in total. The number of nitrogens with zero attached hydrogens (tertiary/aromatic N) is 2. The summed E-state index contributed by atoms with van der Waals surface area (Å²) in [6, 6.07) is 1.40. The van der Waals surface area contributed by atoms with E-state index >= 15 is 0 Å². The number of aromatic nitrogens is 1. The molecule has 0 bridgehead atoms. The molecular formula is C11H13BrF3N3. The number of rotatable bonds is 2. The summed E-state index contributed by atoms with van der Waals surface area (Å²) in [4.78, 5) is 5.33. The number of hydrogen-bond donors (Lipinski definition) is 1. The zero-order valence-electron chi connectivity index (χ0n) is 9.54. The molecule has 0 spiro atoms. The fourth-order valence-electron chi connectivity index (χ4n) is 2.12. The molecule has 0 radical (unpaired) electrons. The van der Waals surface area contributed by atoms with Crippen molar-refractivity contribution >= 4 is 15.9 Å². The zero-order chi connectivity index (χ0) is 13.2. The van der Waals surface area contributed by atoms with Gasteiger partial charge in [-0.25, -0.2) is 4.98 Å². The third kappa shape index (κ3) is 3.02. The van der Waals surface area contributed by atoms with Gasteiger partial charge in [0, 0.05) is 37.9 Å². The summed E-state index contributed by atoms with van der Waals surface area (Å²) >= 11 is 3.10. The van der Waals surface area contributed by atoms with Crippen LogP contribution in [0.1, 0.15) is 11.6 Å². The van der Waals surface area contributed by atoms with Crippen molar-refractivity contribution in [3.05, 3.63) is 28.5 Å². The highest BCUT2D eigenvalue weighted by Gasteiger charge is 2.45. The van der Waals surface area contributed by atoms with Crippen LogP contribution in [-0.4, -0.2) is 42.2 Å². The number of alkyl halides is 3. The average molecular weight is 324 g/mol. The van der Waals surface area contributed by atoms with Crippen LogP contribution in [0.3, 0.4) is 0 Å². The molecule has 2 heterocycles. The maximum absolute atomic E-state index is 13.3. The Bertz CT molecular complexity index is 405. The van der Waals surface area contributed by atoms with Crippen LogP contribution in [0, 0.1) is 0 Å². The second kappa shape index (κ2) is 5.54. The molecule has 1 saturated heterocycles. The summed E-state index contributed by atoms with van der Waals surface area (Å²) in [5.74, 6) is 0. The first-order valence-corrected chi connectivity index (χ1v) is 6.41. The smallest absolute Gasteiger partial charge is 0.314 e.